The van der Waals surface area contributed by atoms with Crippen molar-refractivity contribution in [1.82, 2.24) is 9.21 Å². The van der Waals surface area contributed by atoms with E-state index in [-0.39, 0.29) is 18.9 Å². The van der Waals surface area contributed by atoms with E-state index in [9.17, 15) is 13.2 Å². The van der Waals surface area contributed by atoms with Gasteiger partial charge in [0.25, 0.3) is 0 Å². The average Bonchev–Trinajstić information content (AvgIpc) is 3.01. The molecule has 5 nitrogen and oxygen atoms in total. The molecule has 1 aliphatic heterocycles. The molecular formula is C16H23ClN2O3S. The number of sulfonamides is 1. The highest BCUT2D eigenvalue weighted by Gasteiger charge is 2.21. The zero-order chi connectivity index (χ0) is 16.9. The van der Waals surface area contributed by atoms with Crippen LogP contribution in [-0.2, 0) is 21.2 Å². The summed E-state index contributed by atoms with van der Waals surface area (Å²) >= 11 is 5.85. The lowest BCUT2D eigenvalue weighted by Crippen LogP contribution is -2.36. The minimum atomic E-state index is -3.33. The van der Waals surface area contributed by atoms with Crippen LogP contribution < -0.4 is 0 Å². The molecule has 1 saturated heterocycles. The minimum Gasteiger partial charge on any atom is -0.343 e. The summed E-state index contributed by atoms with van der Waals surface area (Å²) in [6, 6.07) is 7.35. The smallest absolute Gasteiger partial charge is 0.223 e. The van der Waals surface area contributed by atoms with Gasteiger partial charge in [-0.1, -0.05) is 23.7 Å². The van der Waals surface area contributed by atoms with Crippen LogP contribution in [0.1, 0.15) is 24.8 Å². The summed E-state index contributed by atoms with van der Waals surface area (Å²) in [6.45, 7) is 2.19. The number of halogens is 1. The summed E-state index contributed by atoms with van der Waals surface area (Å²) in [5.74, 6) is 0.0441. The topological polar surface area (TPSA) is 57.7 Å². The van der Waals surface area contributed by atoms with Crippen LogP contribution in [0.25, 0.3) is 0 Å². The van der Waals surface area contributed by atoms with Crippen molar-refractivity contribution in [3.05, 3.63) is 34.9 Å². The van der Waals surface area contributed by atoms with E-state index in [0.29, 0.717) is 18.0 Å². The molecule has 0 N–H and O–H groups in total. The molecule has 128 valence electrons. The van der Waals surface area contributed by atoms with Gasteiger partial charge in [0.05, 0.1) is 6.26 Å². The molecule has 0 radical (unpaired) electrons. The number of carbonyl (C=O) groups excluding carboxylic acids is 1. The third-order valence-corrected chi connectivity index (χ3v) is 5.62. The molecule has 1 amide bonds. The number of likely N-dealkylation sites (tertiary alicyclic amines) is 1. The summed E-state index contributed by atoms with van der Waals surface area (Å²) in [6.07, 6.45) is 4.11. The zero-order valence-electron chi connectivity index (χ0n) is 13.4. The Kier molecular flexibility index (Phi) is 6.44. The SMILES string of the molecule is CS(=O)(=O)N(CCC(=O)N1CCCC1)CCc1ccc(Cl)cc1. The van der Waals surface area contributed by atoms with Gasteiger partial charge in [0.2, 0.25) is 15.9 Å². The second-order valence-corrected chi connectivity index (χ2v) is 8.30. The van der Waals surface area contributed by atoms with Gasteiger partial charge in [0.15, 0.2) is 0 Å². The van der Waals surface area contributed by atoms with Gasteiger partial charge in [-0.15, -0.1) is 0 Å². The van der Waals surface area contributed by atoms with Crippen LogP contribution >= 0.6 is 11.6 Å². The molecule has 0 spiro atoms. The Hall–Kier alpha value is -1.11. The quantitative estimate of drug-likeness (QED) is 0.750. The molecule has 0 unspecified atom stereocenters. The lowest BCUT2D eigenvalue weighted by Gasteiger charge is -2.21. The molecule has 1 heterocycles. The zero-order valence-corrected chi connectivity index (χ0v) is 14.9. The van der Waals surface area contributed by atoms with Crippen LogP contribution in [0.3, 0.4) is 0 Å². The van der Waals surface area contributed by atoms with Gasteiger partial charge in [-0.25, -0.2) is 12.7 Å². The molecule has 0 atom stereocenters. The van der Waals surface area contributed by atoms with Crippen LogP contribution in [-0.4, -0.2) is 56.0 Å². The van der Waals surface area contributed by atoms with Gasteiger partial charge in [-0.3, -0.25) is 4.79 Å². The maximum atomic E-state index is 12.1. The third-order valence-electron chi connectivity index (χ3n) is 4.07. The van der Waals surface area contributed by atoms with Crippen LogP contribution in [0.5, 0.6) is 0 Å². The van der Waals surface area contributed by atoms with Crippen molar-refractivity contribution in [2.75, 3.05) is 32.4 Å². The van der Waals surface area contributed by atoms with Crippen molar-refractivity contribution in [2.24, 2.45) is 0 Å². The van der Waals surface area contributed by atoms with Gasteiger partial charge in [-0.05, 0) is 37.0 Å². The van der Waals surface area contributed by atoms with Crippen LogP contribution in [0, 0.1) is 0 Å². The van der Waals surface area contributed by atoms with Crippen LogP contribution in [0.15, 0.2) is 24.3 Å². The molecule has 1 aromatic carbocycles. The molecule has 1 fully saturated rings. The molecule has 0 aromatic heterocycles. The van der Waals surface area contributed by atoms with E-state index in [1.54, 1.807) is 12.1 Å². The number of carbonyl (C=O) groups is 1. The molecule has 0 aliphatic carbocycles. The Bertz CT molecular complexity index is 625. The van der Waals surface area contributed by atoms with Crippen molar-refractivity contribution < 1.29 is 13.2 Å². The first-order valence-electron chi connectivity index (χ1n) is 7.83. The largest absolute Gasteiger partial charge is 0.343 e. The van der Waals surface area contributed by atoms with E-state index in [4.69, 9.17) is 11.6 Å². The van der Waals surface area contributed by atoms with Gasteiger partial charge in [0, 0.05) is 37.6 Å². The van der Waals surface area contributed by atoms with Crippen molar-refractivity contribution >= 4 is 27.5 Å². The summed E-state index contributed by atoms with van der Waals surface area (Å²) < 4.78 is 25.2. The van der Waals surface area contributed by atoms with Gasteiger partial charge in [-0.2, -0.15) is 0 Å². The van der Waals surface area contributed by atoms with E-state index in [2.05, 4.69) is 0 Å². The highest BCUT2D eigenvalue weighted by atomic mass is 35.5. The lowest BCUT2D eigenvalue weighted by molar-refractivity contribution is -0.130. The van der Waals surface area contributed by atoms with E-state index >= 15 is 0 Å². The van der Waals surface area contributed by atoms with E-state index in [0.717, 1.165) is 31.5 Å². The second kappa shape index (κ2) is 8.13. The first-order chi connectivity index (χ1) is 10.9. The maximum absolute atomic E-state index is 12.1. The Morgan fingerprint density at radius 2 is 1.78 bits per heavy atom. The van der Waals surface area contributed by atoms with Crippen LogP contribution in [0.2, 0.25) is 5.02 Å². The van der Waals surface area contributed by atoms with Gasteiger partial charge >= 0.3 is 0 Å². The third kappa shape index (κ3) is 5.79. The summed E-state index contributed by atoms with van der Waals surface area (Å²) in [5, 5.41) is 0.657. The normalized spacial score (nSPS) is 15.3. The molecule has 23 heavy (non-hydrogen) atoms. The second-order valence-electron chi connectivity index (χ2n) is 5.88. The Balaban J connectivity index is 1.89. The van der Waals surface area contributed by atoms with Crippen molar-refractivity contribution in [3.63, 3.8) is 0 Å². The lowest BCUT2D eigenvalue weighted by atomic mass is 10.1. The summed E-state index contributed by atoms with van der Waals surface area (Å²) in [7, 11) is -3.33. The molecule has 2 rings (SSSR count). The fraction of sp³-hybridized carbons (Fsp3) is 0.562. The monoisotopic (exact) mass is 358 g/mol. The maximum Gasteiger partial charge on any atom is 0.223 e. The number of nitrogens with zero attached hydrogens (tertiary/aromatic N) is 2. The number of benzene rings is 1. The highest BCUT2D eigenvalue weighted by molar-refractivity contribution is 7.88. The first kappa shape index (κ1) is 18.2. The Labute approximate surface area is 143 Å². The minimum absolute atomic E-state index is 0.0441. The van der Waals surface area contributed by atoms with Crippen LogP contribution in [0.4, 0.5) is 0 Å². The van der Waals surface area contributed by atoms with E-state index in [1.165, 1.54) is 10.6 Å². The molecule has 1 aliphatic rings. The molecule has 0 saturated carbocycles. The molecule has 0 bridgehead atoms. The number of hydrogen-bond acceptors (Lipinski definition) is 3. The number of rotatable bonds is 7. The fourth-order valence-corrected chi connectivity index (χ4v) is 3.67. The predicted molar refractivity (Wildman–Crippen MR) is 92.0 cm³/mol. The molecular weight excluding hydrogens is 336 g/mol. The Morgan fingerprint density at radius 1 is 1.17 bits per heavy atom. The Morgan fingerprint density at radius 3 is 2.35 bits per heavy atom. The summed E-state index contributed by atoms with van der Waals surface area (Å²) in [5.41, 5.74) is 1.02. The highest BCUT2D eigenvalue weighted by Crippen LogP contribution is 2.13. The van der Waals surface area contributed by atoms with Crippen molar-refractivity contribution in [3.8, 4) is 0 Å². The number of hydrogen-bond donors (Lipinski definition) is 0. The standard InChI is InChI=1S/C16H23ClN2O3S/c1-23(21,22)19(12-8-14-4-6-15(17)7-5-14)13-9-16(20)18-10-2-3-11-18/h4-7H,2-3,8-13H2,1H3. The van der Waals surface area contributed by atoms with E-state index in [1.807, 2.05) is 17.0 Å². The number of amides is 1. The van der Waals surface area contributed by atoms with Crippen molar-refractivity contribution in [1.29, 1.82) is 0 Å². The molecule has 1 aromatic rings. The first-order valence-corrected chi connectivity index (χ1v) is 10.1. The predicted octanol–water partition coefficient (Wildman–Crippen LogP) is 2.16. The fourth-order valence-electron chi connectivity index (χ4n) is 2.69. The van der Waals surface area contributed by atoms with Crippen molar-refractivity contribution in [2.45, 2.75) is 25.7 Å². The summed E-state index contributed by atoms with van der Waals surface area (Å²) in [4.78, 5) is 13.9. The molecule has 7 heteroatoms. The van der Waals surface area contributed by atoms with E-state index < -0.39 is 10.0 Å². The van der Waals surface area contributed by atoms with Gasteiger partial charge < -0.3 is 4.90 Å². The average molecular weight is 359 g/mol. The van der Waals surface area contributed by atoms with Gasteiger partial charge in [0.1, 0.15) is 0 Å².